The van der Waals surface area contributed by atoms with Gasteiger partial charge >= 0.3 is 0 Å². The van der Waals surface area contributed by atoms with Crippen molar-refractivity contribution < 1.29 is 9.53 Å². The zero-order valence-corrected chi connectivity index (χ0v) is 8.46. The Labute approximate surface area is 78.8 Å². The third-order valence-electron chi connectivity index (χ3n) is 2.99. The van der Waals surface area contributed by atoms with Crippen LogP contribution in [0.2, 0.25) is 0 Å². The number of hydrogen-bond donors (Lipinski definition) is 1. The Bertz CT molecular complexity index is 208. The molecule has 4 nitrogen and oxygen atoms in total. The Hall–Kier alpha value is -0.610. The van der Waals surface area contributed by atoms with Gasteiger partial charge in [-0.1, -0.05) is 0 Å². The van der Waals surface area contributed by atoms with Gasteiger partial charge in [-0.3, -0.25) is 4.79 Å². The van der Waals surface area contributed by atoms with Gasteiger partial charge in [-0.2, -0.15) is 0 Å². The lowest BCUT2D eigenvalue weighted by atomic mass is 9.80. The first-order valence-electron chi connectivity index (χ1n) is 4.50. The van der Waals surface area contributed by atoms with Gasteiger partial charge in [0.05, 0.1) is 5.60 Å². The van der Waals surface area contributed by atoms with Gasteiger partial charge < -0.3 is 10.5 Å². The van der Waals surface area contributed by atoms with Crippen LogP contribution in [0, 0.1) is 0 Å². The number of primary amides is 1. The van der Waals surface area contributed by atoms with Crippen molar-refractivity contribution in [3.8, 4) is 0 Å². The molecule has 1 saturated heterocycles. The first-order chi connectivity index (χ1) is 5.96. The molecule has 1 rings (SSSR count). The summed E-state index contributed by atoms with van der Waals surface area (Å²) in [5.41, 5.74) is 3.96. The van der Waals surface area contributed by atoms with E-state index in [2.05, 4.69) is 5.32 Å². The molecule has 1 aliphatic heterocycles. The van der Waals surface area contributed by atoms with Crippen LogP contribution >= 0.6 is 0 Å². The smallest absolute Gasteiger partial charge is 0.242 e. The molecule has 1 atom stereocenters. The van der Waals surface area contributed by atoms with Gasteiger partial charge in [-0.25, -0.2) is 5.32 Å². The molecular weight excluding hydrogens is 168 g/mol. The molecule has 0 unspecified atom stereocenters. The average Bonchev–Trinajstić information content (AvgIpc) is 2.53. The van der Waals surface area contributed by atoms with Gasteiger partial charge in [0.1, 0.15) is 5.54 Å². The highest BCUT2D eigenvalue weighted by Crippen LogP contribution is 2.34. The number of amides is 1. The molecule has 0 saturated carbocycles. The van der Waals surface area contributed by atoms with E-state index >= 15 is 0 Å². The molecule has 1 radical (unpaired) electrons. The normalized spacial score (nSPS) is 29.2. The second-order valence-electron chi connectivity index (χ2n) is 3.92. The highest BCUT2D eigenvalue weighted by atomic mass is 16.5. The minimum Gasteiger partial charge on any atom is -0.376 e. The Morgan fingerprint density at radius 2 is 2.23 bits per heavy atom. The summed E-state index contributed by atoms with van der Waals surface area (Å²) in [6.45, 7) is 4.41. The SMILES string of the molecule is COC(C)(C)[C@@]1(C(N)=O)CCC[N]1. The highest BCUT2D eigenvalue weighted by Gasteiger charge is 2.53. The van der Waals surface area contributed by atoms with Crippen LogP contribution in [0.15, 0.2) is 0 Å². The molecule has 1 amide bonds. The van der Waals surface area contributed by atoms with Gasteiger partial charge in [0.25, 0.3) is 0 Å². The maximum atomic E-state index is 11.4. The second kappa shape index (κ2) is 3.27. The van der Waals surface area contributed by atoms with Crippen LogP contribution in [-0.2, 0) is 9.53 Å². The lowest BCUT2D eigenvalue weighted by molar-refractivity contribution is -0.137. The zero-order valence-electron chi connectivity index (χ0n) is 8.46. The minimum absolute atomic E-state index is 0.378. The predicted molar refractivity (Wildman–Crippen MR) is 49.2 cm³/mol. The number of nitrogens with zero attached hydrogens (tertiary/aromatic N) is 1. The van der Waals surface area contributed by atoms with Crippen molar-refractivity contribution >= 4 is 5.91 Å². The second-order valence-corrected chi connectivity index (χ2v) is 3.92. The molecule has 0 aliphatic carbocycles. The monoisotopic (exact) mass is 185 g/mol. The van der Waals surface area contributed by atoms with E-state index in [1.165, 1.54) is 0 Å². The molecule has 0 aromatic rings. The molecule has 75 valence electrons. The van der Waals surface area contributed by atoms with Crippen LogP contribution < -0.4 is 11.1 Å². The van der Waals surface area contributed by atoms with Crippen molar-refractivity contribution in [2.45, 2.75) is 37.8 Å². The Kier molecular flexibility index (Phi) is 2.63. The first-order valence-corrected chi connectivity index (χ1v) is 4.50. The molecule has 2 N–H and O–H groups in total. The number of rotatable bonds is 3. The summed E-state index contributed by atoms with van der Waals surface area (Å²) in [6, 6.07) is 0. The number of carbonyl (C=O) groups is 1. The van der Waals surface area contributed by atoms with Crippen LogP contribution in [0.25, 0.3) is 0 Å². The summed E-state index contributed by atoms with van der Waals surface area (Å²) in [6.07, 6.45) is 1.61. The molecule has 4 heteroatoms. The van der Waals surface area contributed by atoms with Crippen LogP contribution in [0.5, 0.6) is 0 Å². The molecule has 0 aromatic carbocycles. The summed E-state index contributed by atoms with van der Waals surface area (Å²) in [4.78, 5) is 11.4. The van der Waals surface area contributed by atoms with E-state index in [-0.39, 0.29) is 5.91 Å². The maximum absolute atomic E-state index is 11.4. The van der Waals surface area contributed by atoms with Crippen molar-refractivity contribution in [3.05, 3.63) is 0 Å². The van der Waals surface area contributed by atoms with Gasteiger partial charge in [-0.05, 0) is 26.7 Å². The van der Waals surface area contributed by atoms with Gasteiger partial charge in [-0.15, -0.1) is 0 Å². The Morgan fingerprint density at radius 3 is 2.54 bits per heavy atom. The molecular formula is C9H17N2O2. The van der Waals surface area contributed by atoms with Crippen LogP contribution in [0.1, 0.15) is 26.7 Å². The number of nitrogens with two attached hydrogens (primary N) is 1. The number of hydrogen-bond acceptors (Lipinski definition) is 2. The van der Waals surface area contributed by atoms with Gasteiger partial charge in [0.15, 0.2) is 0 Å². The molecule has 1 fully saturated rings. The summed E-state index contributed by atoms with van der Waals surface area (Å²) in [5, 5.41) is 4.31. The fourth-order valence-electron chi connectivity index (χ4n) is 1.84. The largest absolute Gasteiger partial charge is 0.376 e. The van der Waals surface area contributed by atoms with Crippen LogP contribution in [0.3, 0.4) is 0 Å². The molecule has 1 heterocycles. The first kappa shape index (κ1) is 10.5. The summed E-state index contributed by atoms with van der Waals surface area (Å²) >= 11 is 0. The van der Waals surface area contributed by atoms with Crippen LogP contribution in [0.4, 0.5) is 0 Å². The topological polar surface area (TPSA) is 66.4 Å². The quantitative estimate of drug-likeness (QED) is 0.674. The van der Waals surface area contributed by atoms with E-state index in [1.54, 1.807) is 7.11 Å². The fraction of sp³-hybridized carbons (Fsp3) is 0.889. The van der Waals surface area contributed by atoms with Crippen molar-refractivity contribution in [1.82, 2.24) is 5.32 Å². The number of methoxy groups -OCH3 is 1. The van der Waals surface area contributed by atoms with E-state index in [4.69, 9.17) is 10.5 Å². The average molecular weight is 185 g/mol. The number of carbonyl (C=O) groups excluding carboxylic acids is 1. The van der Waals surface area contributed by atoms with E-state index in [1.807, 2.05) is 13.8 Å². The van der Waals surface area contributed by atoms with Gasteiger partial charge in [0, 0.05) is 13.7 Å². The zero-order chi connectivity index (χ0) is 10.1. The third kappa shape index (κ3) is 1.44. The summed E-state index contributed by atoms with van der Waals surface area (Å²) in [7, 11) is 1.58. The molecule has 1 aliphatic rings. The molecule has 0 spiro atoms. The van der Waals surface area contributed by atoms with E-state index in [0.29, 0.717) is 13.0 Å². The Balaban J connectivity index is 2.97. The summed E-state index contributed by atoms with van der Waals surface area (Å²) in [5.74, 6) is -0.378. The van der Waals surface area contributed by atoms with Crippen molar-refractivity contribution in [1.29, 1.82) is 0 Å². The van der Waals surface area contributed by atoms with Crippen LogP contribution in [-0.4, -0.2) is 30.7 Å². The highest BCUT2D eigenvalue weighted by molar-refractivity contribution is 5.86. The van der Waals surface area contributed by atoms with E-state index < -0.39 is 11.1 Å². The predicted octanol–water partition coefficient (Wildman–Crippen LogP) is 0.0337. The Morgan fingerprint density at radius 1 is 1.62 bits per heavy atom. The third-order valence-corrected chi connectivity index (χ3v) is 2.99. The number of ether oxygens (including phenoxy) is 1. The van der Waals surface area contributed by atoms with Crippen molar-refractivity contribution in [2.75, 3.05) is 13.7 Å². The fourth-order valence-corrected chi connectivity index (χ4v) is 1.84. The van der Waals surface area contributed by atoms with E-state index in [0.717, 1.165) is 6.42 Å². The van der Waals surface area contributed by atoms with E-state index in [9.17, 15) is 4.79 Å². The standard InChI is InChI=1S/C9H17N2O2/c1-8(2,13-3)9(7(10)12)5-4-6-11-9/h4-6H2,1-3H3,(H2,10,12)/t9-/m0/s1. The molecule has 0 bridgehead atoms. The lowest BCUT2D eigenvalue weighted by Crippen LogP contribution is -2.62. The molecule has 0 aromatic heterocycles. The van der Waals surface area contributed by atoms with Crippen molar-refractivity contribution in [2.24, 2.45) is 5.73 Å². The van der Waals surface area contributed by atoms with Gasteiger partial charge in [0.2, 0.25) is 5.91 Å². The summed E-state index contributed by atoms with van der Waals surface area (Å²) < 4.78 is 5.29. The molecule has 13 heavy (non-hydrogen) atoms. The maximum Gasteiger partial charge on any atom is 0.242 e. The minimum atomic E-state index is -0.818. The van der Waals surface area contributed by atoms with Crippen molar-refractivity contribution in [3.63, 3.8) is 0 Å². The lowest BCUT2D eigenvalue weighted by Gasteiger charge is -2.39.